The second-order valence-corrected chi connectivity index (χ2v) is 20.9. The molecule has 0 radical (unpaired) electrons. The zero-order chi connectivity index (χ0) is 52.1. The number of nitrogen functional groups attached to an aromatic ring is 2. The fourth-order valence-electron chi connectivity index (χ4n) is 9.44. The molecule has 0 bridgehead atoms. The van der Waals surface area contributed by atoms with Crippen LogP contribution in [0.15, 0.2) is 133 Å². The average Bonchev–Trinajstić information content (AvgIpc) is 4.05. The van der Waals surface area contributed by atoms with Gasteiger partial charge in [-0.05, 0) is 75.6 Å². The number of carbonyl (C=O) groups is 2. The van der Waals surface area contributed by atoms with Crippen LogP contribution in [0.1, 0.15) is 72.6 Å². The van der Waals surface area contributed by atoms with E-state index in [1.165, 1.54) is 35.0 Å². The number of hydrogen-bond acceptors (Lipinski definition) is 17. The Hall–Kier alpha value is -7.31. The maximum atomic E-state index is 13.6. The molecule has 21 nitrogen and oxygen atoms in total. The molecule has 0 spiro atoms. The first kappa shape index (κ1) is 55.9. The Labute approximate surface area is 474 Å². The van der Waals surface area contributed by atoms with Gasteiger partial charge in [0.15, 0.2) is 0 Å². The van der Waals surface area contributed by atoms with Crippen LogP contribution in [0.5, 0.6) is 0 Å². The van der Waals surface area contributed by atoms with E-state index in [2.05, 4.69) is 56.2 Å². The predicted octanol–water partition coefficient (Wildman–Crippen LogP) is 5.14. The third kappa shape index (κ3) is 12.9. The van der Waals surface area contributed by atoms with Crippen LogP contribution in [0.2, 0.25) is 10.0 Å². The smallest absolute Gasteiger partial charge is 0.870 e. The fraction of sp³-hybridized carbons (Fsp3) is 0.231. The topological polar surface area (TPSA) is 322 Å². The van der Waals surface area contributed by atoms with E-state index in [4.69, 9.17) is 44.6 Å². The van der Waals surface area contributed by atoms with E-state index < -0.39 is 10.0 Å². The van der Waals surface area contributed by atoms with Crippen molar-refractivity contribution in [1.29, 1.82) is 0 Å². The van der Waals surface area contributed by atoms with Crippen molar-refractivity contribution in [2.45, 2.75) is 80.4 Å². The summed E-state index contributed by atoms with van der Waals surface area (Å²) in [6.45, 7) is 0. The predicted molar refractivity (Wildman–Crippen MR) is 290 cm³/mol. The van der Waals surface area contributed by atoms with Crippen molar-refractivity contribution in [1.82, 2.24) is 59.5 Å². The van der Waals surface area contributed by atoms with E-state index in [9.17, 15) is 18.0 Å². The van der Waals surface area contributed by atoms with Crippen molar-refractivity contribution in [2.75, 3.05) is 22.1 Å². The molecule has 10 N–H and O–H groups in total. The third-order valence-corrected chi connectivity index (χ3v) is 15.2. The summed E-state index contributed by atoms with van der Waals surface area (Å²) in [6, 6.07) is 23.5. The van der Waals surface area contributed by atoms with Crippen molar-refractivity contribution < 1.29 is 53.0 Å². The van der Waals surface area contributed by atoms with Crippen LogP contribution in [0.4, 0.5) is 23.3 Å². The molecule has 6 aromatic heterocycles. The minimum atomic E-state index is -3.87. The van der Waals surface area contributed by atoms with Crippen LogP contribution < -0.4 is 62.3 Å². The molecule has 2 aliphatic rings. The standard InChI is InChI=1S/C29H27ClN8O3S.C23H23ClN8O.Na.H2O/c30-24-16-34-29(36-20-8-6-7-19(13-20)35-28(39)27-32-14-18(31)15-33-27)37-26(24)23-17-38(25-12-5-4-11-22(23)25)42(40,41)21-9-2-1-3-10-21;24-18-12-29-23(32-20(18)17-11-26-19-7-2-1-6-16(17)19)31-15-5-3-4-14(8-15)30-22(33)21-27-9-13(25)10-28-21;;/h1-5,9-12,14-17,19-20H,6-8,13,31H2,(H,35,39)(H,34,36,37);1-2,6-7,9-12,14-15,26H,3-5,8,25H2,(H,30,33)(H,29,31,32);;1H2/q;;+1;/p-1/t19-,20+;14-,15+;;/m00../s1. The van der Waals surface area contributed by atoms with Gasteiger partial charge in [0.05, 0.1) is 80.4 Å². The SMILES string of the molecule is Nc1cnc(C(=O)N[C@H]2CCC[C@@H](Nc3ncc(Cl)c(-c4c[nH]c5ccccc45)n3)C2)nc1.Nc1cnc(C(=O)N[C@H]2CCC[C@@H](Nc3ncc(Cl)c(-c4cn(S(=O)(=O)c5ccccc5)c5ccccc45)n3)C2)nc1.[Na+].[OH-]. The Morgan fingerprint density at radius 3 is 1.61 bits per heavy atom. The fourth-order valence-corrected chi connectivity index (χ4v) is 11.2. The Balaban J connectivity index is 0.000000204. The van der Waals surface area contributed by atoms with Crippen LogP contribution in [0.3, 0.4) is 0 Å². The molecule has 3 aromatic carbocycles. The first-order chi connectivity index (χ1) is 36.4. The minimum absolute atomic E-state index is 0. The van der Waals surface area contributed by atoms with E-state index in [0.717, 1.165) is 61.4 Å². The van der Waals surface area contributed by atoms with Crippen LogP contribution in [0.25, 0.3) is 44.3 Å². The molecule has 2 aliphatic carbocycles. The molecule has 0 saturated heterocycles. The van der Waals surface area contributed by atoms with Crippen LogP contribution in [-0.4, -0.2) is 98.7 Å². The van der Waals surface area contributed by atoms with Crippen molar-refractivity contribution in [2.24, 2.45) is 0 Å². The van der Waals surface area contributed by atoms with Gasteiger partial charge >= 0.3 is 29.6 Å². The summed E-state index contributed by atoms with van der Waals surface area (Å²) in [5.74, 6) is 0.397. The molecular weight excluding hydrogens is 1050 g/mol. The molecular formula is C52H51Cl2N16NaO5S. The molecule has 4 atom stereocenters. The minimum Gasteiger partial charge on any atom is -0.870 e. The van der Waals surface area contributed by atoms with Crippen LogP contribution in [0, 0.1) is 0 Å². The number of aromatic nitrogens is 10. The Kier molecular flexibility index (Phi) is 18.0. The van der Waals surface area contributed by atoms with Crippen molar-refractivity contribution >= 4 is 90.1 Å². The summed E-state index contributed by atoms with van der Waals surface area (Å²) < 4.78 is 28.4. The van der Waals surface area contributed by atoms with Gasteiger partial charge in [-0.15, -0.1) is 0 Å². The van der Waals surface area contributed by atoms with Gasteiger partial charge in [0, 0.05) is 64.0 Å². The molecule has 0 unspecified atom stereocenters. The van der Waals surface area contributed by atoms with Gasteiger partial charge in [0.1, 0.15) is 0 Å². The van der Waals surface area contributed by atoms with Crippen molar-refractivity contribution in [3.63, 3.8) is 0 Å². The van der Waals surface area contributed by atoms with Gasteiger partial charge in [-0.3, -0.25) is 9.59 Å². The van der Waals surface area contributed by atoms with Crippen LogP contribution >= 0.6 is 23.2 Å². The number of hydrogen-bond donors (Lipinski definition) is 7. The molecule has 6 heterocycles. The van der Waals surface area contributed by atoms with Gasteiger partial charge in [0.2, 0.25) is 23.5 Å². The van der Waals surface area contributed by atoms with Crippen LogP contribution in [-0.2, 0) is 10.0 Å². The van der Waals surface area contributed by atoms with E-state index in [1.54, 1.807) is 54.9 Å². The molecule has 77 heavy (non-hydrogen) atoms. The number of H-pyrrole nitrogens is 1. The van der Waals surface area contributed by atoms with Gasteiger partial charge in [-0.25, -0.2) is 52.3 Å². The maximum Gasteiger partial charge on any atom is 1.00 e. The summed E-state index contributed by atoms with van der Waals surface area (Å²) in [4.78, 5) is 62.7. The summed E-state index contributed by atoms with van der Waals surface area (Å²) in [5, 5.41) is 15.3. The number of nitrogens with zero attached hydrogens (tertiary/aromatic N) is 9. The molecule has 25 heteroatoms. The van der Waals surface area contributed by atoms with E-state index in [-0.39, 0.29) is 92.6 Å². The average molecular weight is 1110 g/mol. The van der Waals surface area contributed by atoms with Gasteiger partial charge in [-0.1, -0.05) is 77.8 Å². The third-order valence-electron chi connectivity index (χ3n) is 13.0. The van der Waals surface area contributed by atoms with E-state index in [1.807, 2.05) is 42.6 Å². The second kappa shape index (κ2) is 24.8. The van der Waals surface area contributed by atoms with Gasteiger partial charge in [0.25, 0.3) is 21.8 Å². The molecule has 2 saturated carbocycles. The number of amides is 2. The summed E-state index contributed by atoms with van der Waals surface area (Å²) in [5.41, 5.74) is 16.1. The number of halogens is 2. The number of carbonyl (C=O) groups excluding carboxylic acids is 2. The quantitative estimate of drug-likeness (QED) is 0.0778. The monoisotopic (exact) mass is 1100 g/mol. The Bertz CT molecular complexity index is 3630. The van der Waals surface area contributed by atoms with Gasteiger partial charge in [-0.2, -0.15) is 0 Å². The van der Waals surface area contributed by atoms with Gasteiger partial charge < -0.3 is 43.2 Å². The number of aromatic amines is 1. The number of nitrogens with two attached hydrogens (primary N) is 2. The number of fused-ring (bicyclic) bond motifs is 2. The molecule has 0 aliphatic heterocycles. The second-order valence-electron chi connectivity index (χ2n) is 18.2. The van der Waals surface area contributed by atoms with E-state index in [0.29, 0.717) is 62.6 Å². The first-order valence-corrected chi connectivity index (χ1v) is 26.4. The summed E-state index contributed by atoms with van der Waals surface area (Å²) in [6.07, 6.45) is 19.0. The zero-order valence-electron chi connectivity index (χ0n) is 41.5. The largest absolute Gasteiger partial charge is 1.00 e. The number of para-hydroxylation sites is 2. The molecule has 11 rings (SSSR count). The Morgan fingerprint density at radius 2 is 1.06 bits per heavy atom. The molecule has 2 fully saturated rings. The number of benzene rings is 3. The number of anilines is 4. The van der Waals surface area contributed by atoms with Crippen molar-refractivity contribution in [3.8, 4) is 22.5 Å². The Morgan fingerprint density at radius 1 is 0.597 bits per heavy atom. The number of rotatable bonds is 12. The van der Waals surface area contributed by atoms with E-state index >= 15 is 0 Å². The summed E-state index contributed by atoms with van der Waals surface area (Å²) >= 11 is 13.0. The molecule has 9 aromatic rings. The zero-order valence-corrected chi connectivity index (χ0v) is 45.8. The maximum absolute atomic E-state index is 13.6. The molecule has 390 valence electrons. The molecule has 2 amide bonds. The first-order valence-electron chi connectivity index (χ1n) is 24.2. The summed E-state index contributed by atoms with van der Waals surface area (Å²) in [7, 11) is -3.87. The number of nitrogens with one attached hydrogen (secondary N) is 5. The van der Waals surface area contributed by atoms with Crippen molar-refractivity contribution in [3.05, 3.63) is 150 Å². The normalized spacial score (nSPS) is 17.2.